The van der Waals surface area contributed by atoms with E-state index in [1.807, 2.05) is 6.07 Å². The summed E-state index contributed by atoms with van der Waals surface area (Å²) in [5.74, 6) is 2.96. The maximum absolute atomic E-state index is 9.94. The maximum atomic E-state index is 9.94. The number of aromatic hydroxyl groups is 1. The Hall–Kier alpha value is -1.02. The van der Waals surface area contributed by atoms with Crippen molar-refractivity contribution in [2.24, 2.45) is 11.8 Å². The first-order valence-electron chi connectivity index (χ1n) is 8.43. The fourth-order valence-corrected chi connectivity index (χ4v) is 6.06. The van der Waals surface area contributed by atoms with E-state index in [2.05, 4.69) is 17.0 Å². The van der Waals surface area contributed by atoms with E-state index in [0.717, 1.165) is 17.9 Å². The predicted octanol–water partition coefficient (Wildman–Crippen LogP) is 3.81. The molecule has 2 heteroatoms. The van der Waals surface area contributed by atoms with Crippen LogP contribution in [0.3, 0.4) is 0 Å². The first-order valence-corrected chi connectivity index (χ1v) is 8.43. The minimum atomic E-state index is 0.466. The van der Waals surface area contributed by atoms with E-state index in [0.29, 0.717) is 17.7 Å². The number of phenolic OH excluding ortho intramolecular Hbond substituents is 1. The number of benzene rings is 1. The Morgan fingerprint density at radius 3 is 2.80 bits per heavy atom. The summed E-state index contributed by atoms with van der Waals surface area (Å²) in [5, 5.41) is 9.94. The molecule has 5 unspecified atom stereocenters. The highest BCUT2D eigenvalue weighted by Gasteiger charge is 2.56. The van der Waals surface area contributed by atoms with Gasteiger partial charge in [-0.25, -0.2) is 0 Å². The van der Waals surface area contributed by atoms with Crippen molar-refractivity contribution in [3.8, 4) is 5.75 Å². The quantitative estimate of drug-likeness (QED) is 0.774. The average molecular weight is 269 g/mol. The smallest absolute Gasteiger partial charge is 0.115 e. The highest BCUT2D eigenvalue weighted by molar-refractivity contribution is 5.46. The zero-order valence-corrected chi connectivity index (χ0v) is 12.0. The van der Waals surface area contributed by atoms with Crippen LogP contribution in [0.15, 0.2) is 18.2 Å². The summed E-state index contributed by atoms with van der Waals surface area (Å²) >= 11 is 0. The maximum Gasteiger partial charge on any atom is 0.115 e. The second-order valence-electron chi connectivity index (χ2n) is 7.34. The number of nitrogens with zero attached hydrogens (tertiary/aromatic N) is 1. The summed E-state index contributed by atoms with van der Waals surface area (Å²) in [7, 11) is 0. The Kier molecular flexibility index (Phi) is 2.33. The Morgan fingerprint density at radius 2 is 1.85 bits per heavy atom. The molecule has 0 amide bonds. The molecule has 2 bridgehead atoms. The minimum Gasteiger partial charge on any atom is -0.508 e. The second kappa shape index (κ2) is 4.00. The largest absolute Gasteiger partial charge is 0.508 e. The SMILES string of the molecule is Oc1ccc2c(c1)C1C3CCCC3C2N2CCCCC12. The second-order valence-corrected chi connectivity index (χ2v) is 7.34. The Morgan fingerprint density at radius 1 is 0.950 bits per heavy atom. The van der Waals surface area contributed by atoms with E-state index in [-0.39, 0.29) is 0 Å². The van der Waals surface area contributed by atoms with E-state index in [4.69, 9.17) is 0 Å². The van der Waals surface area contributed by atoms with Gasteiger partial charge < -0.3 is 5.11 Å². The molecular weight excluding hydrogens is 246 g/mol. The van der Waals surface area contributed by atoms with Gasteiger partial charge in [-0.2, -0.15) is 0 Å². The number of piperidine rings is 2. The van der Waals surface area contributed by atoms with E-state index < -0.39 is 0 Å². The first kappa shape index (κ1) is 11.6. The van der Waals surface area contributed by atoms with Crippen LogP contribution in [0.2, 0.25) is 0 Å². The van der Waals surface area contributed by atoms with Crippen LogP contribution in [-0.2, 0) is 0 Å². The van der Waals surface area contributed by atoms with Gasteiger partial charge in [-0.05, 0) is 67.3 Å². The summed E-state index contributed by atoms with van der Waals surface area (Å²) in [5.41, 5.74) is 3.05. The van der Waals surface area contributed by atoms with Crippen LogP contribution >= 0.6 is 0 Å². The third-order valence-corrected chi connectivity index (χ3v) is 6.60. The molecule has 1 aromatic rings. The fraction of sp³-hybridized carbons (Fsp3) is 0.667. The molecule has 20 heavy (non-hydrogen) atoms. The molecular formula is C18H23NO. The number of hydrogen-bond acceptors (Lipinski definition) is 2. The topological polar surface area (TPSA) is 23.5 Å². The Balaban J connectivity index is 1.71. The molecule has 6 rings (SSSR count). The summed E-state index contributed by atoms with van der Waals surface area (Å²) in [6.07, 6.45) is 8.42. The van der Waals surface area contributed by atoms with Crippen molar-refractivity contribution in [3.05, 3.63) is 29.3 Å². The molecule has 2 aliphatic carbocycles. The van der Waals surface area contributed by atoms with E-state index in [1.54, 1.807) is 5.56 Å². The van der Waals surface area contributed by atoms with Crippen molar-refractivity contribution in [1.82, 2.24) is 4.90 Å². The van der Waals surface area contributed by atoms with Gasteiger partial charge in [-0.3, -0.25) is 4.90 Å². The van der Waals surface area contributed by atoms with Crippen LogP contribution in [0.4, 0.5) is 0 Å². The number of rotatable bonds is 0. The van der Waals surface area contributed by atoms with Gasteiger partial charge in [0.25, 0.3) is 0 Å². The van der Waals surface area contributed by atoms with Crippen molar-refractivity contribution in [2.75, 3.05) is 6.54 Å². The lowest BCUT2D eigenvalue weighted by molar-refractivity contribution is -0.0441. The highest BCUT2D eigenvalue weighted by atomic mass is 16.3. The molecule has 3 heterocycles. The van der Waals surface area contributed by atoms with Crippen LogP contribution < -0.4 is 0 Å². The molecule has 5 aliphatic rings. The van der Waals surface area contributed by atoms with Crippen molar-refractivity contribution in [3.63, 3.8) is 0 Å². The van der Waals surface area contributed by atoms with Gasteiger partial charge in [0.1, 0.15) is 5.75 Å². The molecule has 1 aromatic carbocycles. The van der Waals surface area contributed by atoms with E-state index in [9.17, 15) is 5.11 Å². The number of phenols is 1. The molecule has 2 nitrogen and oxygen atoms in total. The average Bonchev–Trinajstić information content (AvgIpc) is 2.96. The molecule has 2 saturated heterocycles. The van der Waals surface area contributed by atoms with Crippen LogP contribution in [0.5, 0.6) is 5.75 Å². The van der Waals surface area contributed by atoms with Gasteiger partial charge in [0.2, 0.25) is 0 Å². The van der Waals surface area contributed by atoms with Gasteiger partial charge in [-0.1, -0.05) is 18.9 Å². The van der Waals surface area contributed by atoms with Gasteiger partial charge in [0.15, 0.2) is 0 Å². The molecule has 1 saturated carbocycles. The lowest BCUT2D eigenvalue weighted by atomic mass is 9.59. The van der Waals surface area contributed by atoms with E-state index in [1.165, 1.54) is 50.6 Å². The zero-order valence-electron chi connectivity index (χ0n) is 12.0. The summed E-state index contributed by atoms with van der Waals surface area (Å²) in [6, 6.07) is 7.65. The van der Waals surface area contributed by atoms with Crippen molar-refractivity contribution < 1.29 is 5.11 Å². The Bertz CT molecular complexity index is 554. The van der Waals surface area contributed by atoms with Crippen molar-refractivity contribution >= 4 is 0 Å². The van der Waals surface area contributed by atoms with Crippen LogP contribution in [0.1, 0.15) is 61.6 Å². The third-order valence-electron chi connectivity index (χ3n) is 6.60. The monoisotopic (exact) mass is 269 g/mol. The van der Waals surface area contributed by atoms with Gasteiger partial charge in [0, 0.05) is 18.0 Å². The minimum absolute atomic E-state index is 0.466. The molecule has 0 spiro atoms. The summed E-state index contributed by atoms with van der Waals surface area (Å²) < 4.78 is 0. The fourth-order valence-electron chi connectivity index (χ4n) is 6.06. The van der Waals surface area contributed by atoms with Crippen molar-refractivity contribution in [2.45, 2.75) is 56.5 Å². The van der Waals surface area contributed by atoms with Crippen LogP contribution in [0, 0.1) is 11.8 Å². The predicted molar refractivity (Wildman–Crippen MR) is 78.8 cm³/mol. The zero-order chi connectivity index (χ0) is 13.3. The van der Waals surface area contributed by atoms with Crippen molar-refractivity contribution in [1.29, 1.82) is 0 Å². The third kappa shape index (κ3) is 1.34. The van der Waals surface area contributed by atoms with Gasteiger partial charge >= 0.3 is 0 Å². The lowest BCUT2D eigenvalue weighted by Gasteiger charge is -2.59. The molecule has 1 N–H and O–H groups in total. The molecule has 3 aliphatic heterocycles. The number of hydrogen-bond donors (Lipinski definition) is 1. The van der Waals surface area contributed by atoms with Crippen LogP contribution in [0.25, 0.3) is 0 Å². The van der Waals surface area contributed by atoms with E-state index >= 15 is 0 Å². The molecule has 3 fully saturated rings. The summed E-state index contributed by atoms with van der Waals surface area (Å²) in [6.45, 7) is 1.30. The lowest BCUT2D eigenvalue weighted by Crippen LogP contribution is -2.58. The normalized spacial score (nSPS) is 42.1. The highest BCUT2D eigenvalue weighted by Crippen LogP contribution is 2.62. The molecule has 5 atom stereocenters. The Labute approximate surface area is 120 Å². The molecule has 0 radical (unpaired) electrons. The molecule has 0 aromatic heterocycles. The summed E-state index contributed by atoms with van der Waals surface area (Å²) in [4.78, 5) is 2.85. The molecule has 106 valence electrons. The van der Waals surface area contributed by atoms with Gasteiger partial charge in [0.05, 0.1) is 0 Å². The standard InChI is InChI=1S/C18H23NO/c20-11-7-8-14-15(10-11)17-12-4-3-5-13(12)18(14)19-9-2-1-6-16(17)19/h7-8,10,12-13,16-18,20H,1-6,9H2. The van der Waals surface area contributed by atoms with Gasteiger partial charge in [-0.15, -0.1) is 0 Å². The first-order chi connectivity index (χ1) is 9.84. The van der Waals surface area contributed by atoms with Crippen LogP contribution in [-0.4, -0.2) is 22.6 Å².